The second-order valence-corrected chi connectivity index (χ2v) is 6.98. The summed E-state index contributed by atoms with van der Waals surface area (Å²) in [5, 5.41) is 15.1. The maximum absolute atomic E-state index is 12.1. The largest absolute Gasteiger partial charge is 0.490 e. The molecule has 5 heteroatoms. The molecule has 2 amide bonds. The van der Waals surface area contributed by atoms with Gasteiger partial charge in [0.25, 0.3) is 0 Å². The van der Waals surface area contributed by atoms with Gasteiger partial charge in [-0.15, -0.1) is 0 Å². The molecule has 0 unspecified atom stereocenters. The number of rotatable bonds is 7. The van der Waals surface area contributed by atoms with Crippen LogP contribution in [-0.4, -0.2) is 29.9 Å². The van der Waals surface area contributed by atoms with Gasteiger partial charge in [0, 0.05) is 17.8 Å². The molecule has 0 heterocycles. The number of benzene rings is 1. The number of hydrogen-bond donors (Lipinski definition) is 3. The first-order chi connectivity index (χ1) is 11.5. The Hall–Kier alpha value is -1.75. The molecule has 0 saturated heterocycles. The minimum absolute atomic E-state index is 0.228. The molecule has 24 heavy (non-hydrogen) atoms. The first kappa shape index (κ1) is 18.6. The van der Waals surface area contributed by atoms with Crippen molar-refractivity contribution in [1.29, 1.82) is 0 Å². The summed E-state index contributed by atoms with van der Waals surface area (Å²) >= 11 is 0. The van der Waals surface area contributed by atoms with E-state index in [1.54, 1.807) is 6.92 Å². The number of urea groups is 1. The van der Waals surface area contributed by atoms with Gasteiger partial charge >= 0.3 is 6.03 Å². The molecule has 2 atom stereocenters. The van der Waals surface area contributed by atoms with Crippen LogP contribution in [0, 0.1) is 12.8 Å². The molecule has 1 aliphatic carbocycles. The van der Waals surface area contributed by atoms with Crippen molar-refractivity contribution in [3.8, 4) is 5.75 Å². The molecule has 0 spiro atoms. The van der Waals surface area contributed by atoms with Crippen LogP contribution in [0.3, 0.4) is 0 Å². The van der Waals surface area contributed by atoms with Crippen LogP contribution in [0.2, 0.25) is 0 Å². The number of amides is 2. The summed E-state index contributed by atoms with van der Waals surface area (Å²) in [6, 6.07) is 5.52. The lowest BCUT2D eigenvalue weighted by atomic mass is 10.1. The van der Waals surface area contributed by atoms with Crippen LogP contribution in [0.5, 0.6) is 5.75 Å². The second kappa shape index (κ2) is 8.92. The minimum atomic E-state index is -0.350. The van der Waals surface area contributed by atoms with Gasteiger partial charge in [0.05, 0.1) is 12.2 Å². The zero-order valence-corrected chi connectivity index (χ0v) is 15.0. The highest BCUT2D eigenvalue weighted by molar-refractivity contribution is 5.90. The van der Waals surface area contributed by atoms with Crippen molar-refractivity contribution in [2.24, 2.45) is 5.92 Å². The maximum Gasteiger partial charge on any atom is 0.319 e. The number of anilines is 1. The van der Waals surface area contributed by atoms with Crippen molar-refractivity contribution in [3.63, 3.8) is 0 Å². The molecule has 0 aliphatic heterocycles. The molecule has 1 fully saturated rings. The third-order valence-electron chi connectivity index (χ3n) is 4.48. The molecule has 0 radical (unpaired) electrons. The molecule has 1 aromatic rings. The van der Waals surface area contributed by atoms with Gasteiger partial charge in [-0.3, -0.25) is 0 Å². The van der Waals surface area contributed by atoms with E-state index < -0.39 is 0 Å². The molecule has 0 aromatic heterocycles. The second-order valence-electron chi connectivity index (χ2n) is 6.98. The van der Waals surface area contributed by atoms with E-state index >= 15 is 0 Å². The summed E-state index contributed by atoms with van der Waals surface area (Å²) < 4.78 is 6.07. The number of hydrogen-bond acceptors (Lipinski definition) is 3. The lowest BCUT2D eigenvalue weighted by molar-refractivity contribution is 0.163. The van der Waals surface area contributed by atoms with E-state index in [0.717, 1.165) is 29.8 Å². The predicted molar refractivity (Wildman–Crippen MR) is 96.5 cm³/mol. The van der Waals surface area contributed by atoms with Crippen LogP contribution in [0.25, 0.3) is 0 Å². The van der Waals surface area contributed by atoms with Gasteiger partial charge in [0.2, 0.25) is 0 Å². The maximum atomic E-state index is 12.1. The normalized spacial score (nSPS) is 17.3. The standard InChI is InChI=1S/C19H30N2O3/c1-13(11-14(2)22)12-20-19(23)21-17-9-6-10-18(15(17)3)24-16-7-4-5-8-16/h6,9-10,13-14,16,22H,4-5,7-8,11-12H2,1-3H3,(H2,20,21,23)/t13-,14+/m1/s1. The lowest BCUT2D eigenvalue weighted by Gasteiger charge is -2.18. The van der Waals surface area contributed by atoms with E-state index in [2.05, 4.69) is 10.6 Å². The summed E-state index contributed by atoms with van der Waals surface area (Å²) in [5.74, 6) is 1.08. The van der Waals surface area contributed by atoms with E-state index in [1.807, 2.05) is 32.0 Å². The fourth-order valence-electron chi connectivity index (χ4n) is 3.16. The van der Waals surface area contributed by atoms with Crippen LogP contribution in [-0.2, 0) is 0 Å². The van der Waals surface area contributed by atoms with Gasteiger partial charge in [0.1, 0.15) is 5.75 Å². The van der Waals surface area contributed by atoms with E-state index in [9.17, 15) is 9.90 Å². The van der Waals surface area contributed by atoms with Crippen LogP contribution < -0.4 is 15.4 Å². The van der Waals surface area contributed by atoms with Crippen molar-refractivity contribution in [3.05, 3.63) is 23.8 Å². The SMILES string of the molecule is Cc1c(NC(=O)NC[C@H](C)C[C@H](C)O)cccc1OC1CCCC1. The van der Waals surface area contributed by atoms with Gasteiger partial charge in [-0.05, 0) is 64.0 Å². The number of aliphatic hydroxyl groups is 1. The van der Waals surface area contributed by atoms with Gasteiger partial charge in [-0.1, -0.05) is 13.0 Å². The number of carbonyl (C=O) groups is 1. The molecule has 5 nitrogen and oxygen atoms in total. The van der Waals surface area contributed by atoms with Crippen LogP contribution in [0.4, 0.5) is 10.5 Å². The smallest absolute Gasteiger partial charge is 0.319 e. The Bertz CT molecular complexity index is 539. The summed E-state index contributed by atoms with van der Waals surface area (Å²) in [6.45, 7) is 6.27. The average molecular weight is 334 g/mol. The Kier molecular flexibility index (Phi) is 6.91. The Morgan fingerprint density at radius 2 is 2.04 bits per heavy atom. The topological polar surface area (TPSA) is 70.6 Å². The third kappa shape index (κ3) is 5.71. The number of ether oxygens (including phenoxy) is 1. The first-order valence-electron chi connectivity index (χ1n) is 8.95. The Morgan fingerprint density at radius 3 is 2.71 bits per heavy atom. The fraction of sp³-hybridized carbons (Fsp3) is 0.632. The lowest BCUT2D eigenvalue weighted by Crippen LogP contribution is -2.33. The summed E-state index contributed by atoms with van der Waals surface area (Å²) in [6.07, 6.45) is 5.30. The van der Waals surface area contributed by atoms with Crippen molar-refractivity contribution in [2.75, 3.05) is 11.9 Å². The number of carbonyl (C=O) groups excluding carboxylic acids is 1. The summed E-state index contributed by atoms with van der Waals surface area (Å²) in [5.41, 5.74) is 1.72. The summed E-state index contributed by atoms with van der Waals surface area (Å²) in [7, 11) is 0. The van der Waals surface area contributed by atoms with Crippen molar-refractivity contribution >= 4 is 11.7 Å². The Morgan fingerprint density at radius 1 is 1.33 bits per heavy atom. The zero-order chi connectivity index (χ0) is 17.5. The highest BCUT2D eigenvalue weighted by Gasteiger charge is 2.18. The fourth-order valence-corrected chi connectivity index (χ4v) is 3.16. The molecule has 1 aromatic carbocycles. The summed E-state index contributed by atoms with van der Waals surface area (Å²) in [4.78, 5) is 12.1. The van der Waals surface area contributed by atoms with Crippen molar-refractivity contribution < 1.29 is 14.6 Å². The van der Waals surface area contributed by atoms with Crippen LogP contribution >= 0.6 is 0 Å². The van der Waals surface area contributed by atoms with E-state index in [4.69, 9.17) is 4.74 Å². The first-order valence-corrected chi connectivity index (χ1v) is 8.95. The van der Waals surface area contributed by atoms with E-state index in [0.29, 0.717) is 19.1 Å². The number of nitrogens with one attached hydrogen (secondary N) is 2. The van der Waals surface area contributed by atoms with Gasteiger partial charge in [-0.2, -0.15) is 0 Å². The molecule has 134 valence electrons. The zero-order valence-electron chi connectivity index (χ0n) is 15.0. The van der Waals surface area contributed by atoms with Gasteiger partial charge in [-0.25, -0.2) is 4.79 Å². The molecule has 3 N–H and O–H groups in total. The third-order valence-corrected chi connectivity index (χ3v) is 4.48. The van der Waals surface area contributed by atoms with Crippen molar-refractivity contribution in [1.82, 2.24) is 5.32 Å². The van der Waals surface area contributed by atoms with Crippen LogP contribution in [0.15, 0.2) is 18.2 Å². The predicted octanol–water partition coefficient (Wildman–Crippen LogP) is 3.84. The molecular formula is C19H30N2O3. The average Bonchev–Trinajstić information content (AvgIpc) is 3.02. The van der Waals surface area contributed by atoms with Crippen molar-refractivity contribution in [2.45, 2.75) is 65.1 Å². The molecular weight excluding hydrogens is 304 g/mol. The van der Waals surface area contributed by atoms with E-state index in [-0.39, 0.29) is 18.1 Å². The van der Waals surface area contributed by atoms with Gasteiger partial charge < -0.3 is 20.5 Å². The Balaban J connectivity index is 1.88. The van der Waals surface area contributed by atoms with Crippen LogP contribution in [0.1, 0.15) is 51.5 Å². The molecule has 1 aliphatic rings. The quantitative estimate of drug-likeness (QED) is 0.709. The highest BCUT2D eigenvalue weighted by atomic mass is 16.5. The van der Waals surface area contributed by atoms with Gasteiger partial charge in [0.15, 0.2) is 0 Å². The molecule has 0 bridgehead atoms. The molecule has 1 saturated carbocycles. The molecule has 2 rings (SSSR count). The van der Waals surface area contributed by atoms with E-state index in [1.165, 1.54) is 12.8 Å². The highest BCUT2D eigenvalue weighted by Crippen LogP contribution is 2.30. The number of aliphatic hydroxyl groups excluding tert-OH is 1. The minimum Gasteiger partial charge on any atom is -0.490 e. The monoisotopic (exact) mass is 334 g/mol. The Labute approximate surface area is 144 Å².